The van der Waals surface area contributed by atoms with Crippen molar-refractivity contribution in [3.63, 3.8) is 0 Å². The average molecular weight is 1780 g/mol. The number of carboxylic acids is 2. The van der Waals surface area contributed by atoms with Crippen molar-refractivity contribution < 1.29 is 96.8 Å². The smallest absolute Gasteiger partial charge is 0.326 e. The van der Waals surface area contributed by atoms with Gasteiger partial charge in [0.05, 0.1) is 26.1 Å². The lowest BCUT2D eigenvalue weighted by Crippen LogP contribution is -2.62. The van der Waals surface area contributed by atoms with E-state index >= 15 is 0 Å². The molecule has 0 fully saturated rings. The molecular formula is C74H115N23O20S4. The Morgan fingerprint density at radius 2 is 0.826 bits per heavy atom. The van der Waals surface area contributed by atoms with Crippen LogP contribution in [0.1, 0.15) is 98.1 Å². The molecule has 0 aliphatic rings. The number of amides is 15. The van der Waals surface area contributed by atoms with Crippen molar-refractivity contribution in [1.82, 2.24) is 95.4 Å². The number of carbonyl (C=O) groups excluding carboxylic acids is 15. The normalized spacial score (nSPS) is 14.6. The molecule has 670 valence electrons. The quantitative estimate of drug-likeness (QED) is 0.0108. The topological polar surface area (TPSA) is 697 Å². The maximum Gasteiger partial charge on any atom is 0.326 e. The van der Waals surface area contributed by atoms with Crippen molar-refractivity contribution in [3.05, 3.63) is 71.9 Å². The monoisotopic (exact) mass is 1770 g/mol. The van der Waals surface area contributed by atoms with Gasteiger partial charge in [0.25, 0.3) is 0 Å². The van der Waals surface area contributed by atoms with E-state index in [1.165, 1.54) is 34.6 Å². The Balaban J connectivity index is 1.76. The Hall–Kier alpha value is -11.2. The summed E-state index contributed by atoms with van der Waals surface area (Å²) in [5, 5.41) is 86.7. The van der Waals surface area contributed by atoms with Gasteiger partial charge in [0, 0.05) is 66.0 Å². The SMILES string of the molecule is CC(C)C[C@H](NC(=O)[C@H](CS)NC(=O)[C@@H](NC(=O)[C@H](CC(=O)O)NC(=O)[C@@H](NC(=O)[C@H](C)NC(=O)[C@H](CS)NC(=O)[C@H](CS)NC(=O)[C@@H](N)CO)C(C)C)C(C)C)C(=O)N[C@@H](CCCNC(=N)N)C(=O)N[C@@H](CS)C(=O)NCC(=O)NCC(=O)N[C@@H](Cc1c[nH]c2ccccc12)C(=O)N[C@@H](Cc1ccccc1)C(=O)N[C@@H](CCCNC(=N)N)C(=O)O. The number of H-pyrrole nitrogens is 1. The average Bonchev–Trinajstić information content (AvgIpc) is 1.82. The fourth-order valence-corrected chi connectivity index (χ4v) is 12.5. The molecule has 3 aromatic rings. The van der Waals surface area contributed by atoms with Gasteiger partial charge in [0.2, 0.25) is 88.6 Å². The number of para-hydroxylation sites is 1. The van der Waals surface area contributed by atoms with Gasteiger partial charge in [-0.2, -0.15) is 50.5 Å². The summed E-state index contributed by atoms with van der Waals surface area (Å²) in [6.45, 7) is 8.46. The van der Waals surface area contributed by atoms with E-state index in [4.69, 9.17) is 28.0 Å². The van der Waals surface area contributed by atoms with Gasteiger partial charge in [-0.25, -0.2) is 4.79 Å². The molecule has 2 aromatic carbocycles. The summed E-state index contributed by atoms with van der Waals surface area (Å²) < 4.78 is 0. The molecular weight excluding hydrogens is 1660 g/mol. The van der Waals surface area contributed by atoms with E-state index < -0.39 is 241 Å². The number of guanidine groups is 2. The van der Waals surface area contributed by atoms with Gasteiger partial charge in [-0.15, -0.1) is 0 Å². The molecule has 0 aliphatic heterocycles. The largest absolute Gasteiger partial charge is 0.481 e. The molecule has 29 N–H and O–H groups in total. The summed E-state index contributed by atoms with van der Waals surface area (Å²) in [4.78, 5) is 234. The third-order valence-electron chi connectivity index (χ3n) is 18.1. The Labute approximate surface area is 720 Å². The second-order valence-corrected chi connectivity index (χ2v) is 30.6. The predicted octanol–water partition coefficient (Wildman–Crippen LogP) is -7.01. The summed E-state index contributed by atoms with van der Waals surface area (Å²) in [6.07, 6.45) is 0.190. The number of aromatic nitrogens is 1. The maximum atomic E-state index is 14.4. The highest BCUT2D eigenvalue weighted by molar-refractivity contribution is 7.80. The number of thiol groups is 4. The number of carboxylic acid groups (broad SMARTS) is 2. The molecule has 0 spiro atoms. The number of nitrogens with one attached hydrogen (secondary N) is 20. The van der Waals surface area contributed by atoms with Crippen LogP contribution in [0.2, 0.25) is 0 Å². The van der Waals surface area contributed by atoms with Crippen LogP contribution in [-0.4, -0.2) is 273 Å². The lowest BCUT2D eigenvalue weighted by molar-refractivity contribution is -0.142. The maximum absolute atomic E-state index is 14.4. The van der Waals surface area contributed by atoms with E-state index in [0.717, 1.165) is 0 Å². The fraction of sp³-hybridized carbons (Fsp3) is 0.554. The number of fused-ring (bicyclic) bond motifs is 1. The van der Waals surface area contributed by atoms with Crippen molar-refractivity contribution in [2.75, 3.05) is 55.8 Å². The first-order valence-electron chi connectivity index (χ1n) is 38.6. The molecule has 43 nitrogen and oxygen atoms in total. The van der Waals surface area contributed by atoms with Crippen LogP contribution in [0.5, 0.6) is 0 Å². The number of rotatable bonds is 54. The van der Waals surface area contributed by atoms with Gasteiger partial charge < -0.3 is 128 Å². The number of hydrogen-bond donors (Lipinski definition) is 30. The zero-order chi connectivity index (χ0) is 90.9. The molecule has 0 aliphatic carbocycles. The third kappa shape index (κ3) is 37.2. The molecule has 0 unspecified atom stereocenters. The molecule has 15 amide bonds. The number of aromatic amines is 1. The standard InChI is InChI=1S/C74H115N23O20S4/c1-35(2)23-46(89-68(112)53(34-121)95-71(115)58(37(5)6)97-66(110)49(26-56(101)102)91-70(114)57(36(3)4)96-59(103)38(7)85-67(111)51(32-119)94-69(113)52(33-120)92-60(104)42(75)30-98)63(107)87-44(19-13-21-80-73(76)77)62(106)93-50(31-118)61(105)84-28-54(99)83-29-55(100)86-48(25-40-27-82-43-18-12-11-17-41(40)43)65(109)90-47(24-39-15-9-8-10-16-39)64(108)88-45(72(116)117)20-14-22-81-74(78)79/h8-12,15-18,27,35-38,42,44-53,57-58,82,98,118-121H,13-14,19-26,28-34,75H2,1-7H3,(H,83,99)(H,84,105)(H,85,111)(H,86,100)(H,87,107)(H,88,108)(H,89,112)(H,90,109)(H,91,114)(H,92,104)(H,93,106)(H,94,113)(H,95,115)(H,96,103)(H,97,110)(H,101,102)(H,116,117)(H4,76,77,80)(H4,78,79,81)/t38-,42-,44-,45-,46-,47-,48-,49-,50-,51-,52-,53-,57-,58-/m0/s1. The van der Waals surface area contributed by atoms with Crippen LogP contribution in [-0.2, 0) is 94.3 Å². The number of aliphatic carboxylic acids is 2. The van der Waals surface area contributed by atoms with Crippen LogP contribution in [0, 0.1) is 28.6 Å². The second kappa shape index (κ2) is 53.5. The molecule has 0 saturated carbocycles. The highest BCUT2D eigenvalue weighted by Gasteiger charge is 2.39. The van der Waals surface area contributed by atoms with Crippen LogP contribution in [0.4, 0.5) is 0 Å². The summed E-state index contributed by atoms with van der Waals surface area (Å²) in [6, 6.07) is -5.11. The van der Waals surface area contributed by atoms with Gasteiger partial charge in [-0.05, 0) is 74.0 Å². The third-order valence-corrected chi connectivity index (χ3v) is 19.6. The molecule has 0 saturated heterocycles. The van der Waals surface area contributed by atoms with Crippen LogP contribution in [0.3, 0.4) is 0 Å². The first kappa shape index (κ1) is 104. The Morgan fingerprint density at radius 3 is 1.33 bits per heavy atom. The molecule has 0 bridgehead atoms. The van der Waals surface area contributed by atoms with Gasteiger partial charge in [-0.3, -0.25) is 87.5 Å². The van der Waals surface area contributed by atoms with E-state index in [9.17, 15) is 96.8 Å². The number of nitrogens with two attached hydrogens (primary N) is 3. The number of aliphatic hydroxyl groups excluding tert-OH is 1. The molecule has 1 heterocycles. The highest BCUT2D eigenvalue weighted by atomic mass is 32.1. The molecule has 14 atom stereocenters. The van der Waals surface area contributed by atoms with Gasteiger partial charge in [0.1, 0.15) is 84.6 Å². The molecule has 1 aromatic heterocycles. The van der Waals surface area contributed by atoms with Gasteiger partial charge in [-0.1, -0.05) is 90.1 Å². The zero-order valence-electron chi connectivity index (χ0n) is 67.9. The van der Waals surface area contributed by atoms with Crippen molar-refractivity contribution in [3.8, 4) is 0 Å². The molecule has 121 heavy (non-hydrogen) atoms. The lowest BCUT2D eigenvalue weighted by Gasteiger charge is -2.29. The Kier molecular flexibility index (Phi) is 46.0. The number of benzene rings is 2. The van der Waals surface area contributed by atoms with Crippen molar-refractivity contribution >= 4 is 174 Å². The fourth-order valence-electron chi connectivity index (χ4n) is 11.5. The molecule has 47 heteroatoms. The van der Waals surface area contributed by atoms with Crippen LogP contribution in [0.15, 0.2) is 60.8 Å². The minimum absolute atomic E-state index is 0.0100. The minimum Gasteiger partial charge on any atom is -0.481 e. The van der Waals surface area contributed by atoms with E-state index in [0.29, 0.717) is 22.0 Å². The Bertz CT molecular complexity index is 4090. The van der Waals surface area contributed by atoms with E-state index in [1.54, 1.807) is 74.6 Å². The first-order chi connectivity index (χ1) is 57.1. The highest BCUT2D eigenvalue weighted by Crippen LogP contribution is 2.20. The molecule has 0 radical (unpaired) electrons. The zero-order valence-corrected chi connectivity index (χ0v) is 71.5. The Morgan fingerprint density at radius 1 is 0.421 bits per heavy atom. The summed E-state index contributed by atoms with van der Waals surface area (Å²) in [5.41, 5.74) is 18.2. The summed E-state index contributed by atoms with van der Waals surface area (Å²) in [7, 11) is 0. The van der Waals surface area contributed by atoms with Gasteiger partial charge in [0.15, 0.2) is 11.9 Å². The number of aliphatic hydroxyl groups is 1. The van der Waals surface area contributed by atoms with Crippen molar-refractivity contribution in [1.29, 1.82) is 10.8 Å². The van der Waals surface area contributed by atoms with Crippen LogP contribution in [0.25, 0.3) is 10.9 Å². The number of hydrogen-bond acceptors (Lipinski definition) is 25. The summed E-state index contributed by atoms with van der Waals surface area (Å²) in [5.74, 6) is -21.4. The van der Waals surface area contributed by atoms with E-state index in [-0.39, 0.29) is 81.4 Å². The predicted molar refractivity (Wildman–Crippen MR) is 457 cm³/mol. The number of carbonyl (C=O) groups is 17. The minimum atomic E-state index is -1.91. The van der Waals surface area contributed by atoms with Crippen LogP contribution < -0.4 is 108 Å². The van der Waals surface area contributed by atoms with E-state index in [1.807, 2.05) is 0 Å². The van der Waals surface area contributed by atoms with Crippen molar-refractivity contribution in [2.24, 2.45) is 35.0 Å². The first-order valence-corrected chi connectivity index (χ1v) is 41.1. The summed E-state index contributed by atoms with van der Waals surface area (Å²) >= 11 is 16.7. The molecule has 3 rings (SSSR count). The van der Waals surface area contributed by atoms with Crippen LogP contribution >= 0.6 is 50.5 Å². The second-order valence-electron chi connectivity index (χ2n) is 29.2. The lowest BCUT2D eigenvalue weighted by atomic mass is 10.00. The van der Waals surface area contributed by atoms with E-state index in [2.05, 4.69) is 146 Å². The van der Waals surface area contributed by atoms with Gasteiger partial charge >= 0.3 is 11.9 Å². The van der Waals surface area contributed by atoms with Crippen molar-refractivity contribution in [2.45, 2.75) is 184 Å².